The summed E-state index contributed by atoms with van der Waals surface area (Å²) in [6, 6.07) is 4.67. The predicted molar refractivity (Wildman–Crippen MR) is 85.2 cm³/mol. The number of aryl methyl sites for hydroxylation is 1. The van der Waals surface area contributed by atoms with Crippen LogP contribution in [0.5, 0.6) is 0 Å². The Bertz CT molecular complexity index is 716. The lowest BCUT2D eigenvalue weighted by atomic mass is 10.2. The third-order valence-electron chi connectivity index (χ3n) is 2.82. The topological polar surface area (TPSA) is 49.8 Å². The Hall–Kier alpha value is -2.28. The van der Waals surface area contributed by atoms with Gasteiger partial charge in [0.2, 0.25) is 5.95 Å². The van der Waals surface area contributed by atoms with Crippen molar-refractivity contribution < 1.29 is 13.2 Å². The minimum atomic E-state index is -4.45. The van der Waals surface area contributed by atoms with E-state index in [1.54, 1.807) is 19.1 Å². The second kappa shape index (κ2) is 6.87. The number of halogens is 4. The zero-order chi connectivity index (χ0) is 17.0. The molecule has 0 spiro atoms. The van der Waals surface area contributed by atoms with Crippen molar-refractivity contribution in [3.05, 3.63) is 53.2 Å². The highest BCUT2D eigenvalue weighted by molar-refractivity contribution is 6.33. The fraction of sp³-hybridized carbons (Fsp3) is 0.200. The fourth-order valence-corrected chi connectivity index (χ4v) is 1.98. The van der Waals surface area contributed by atoms with Crippen molar-refractivity contribution in [1.82, 2.24) is 9.97 Å². The van der Waals surface area contributed by atoms with Crippen LogP contribution in [0.3, 0.4) is 0 Å². The van der Waals surface area contributed by atoms with E-state index in [2.05, 4.69) is 27.2 Å². The van der Waals surface area contributed by atoms with Crippen molar-refractivity contribution in [2.45, 2.75) is 13.1 Å². The maximum absolute atomic E-state index is 12.8. The first-order chi connectivity index (χ1) is 10.8. The van der Waals surface area contributed by atoms with E-state index in [1.807, 2.05) is 0 Å². The Morgan fingerprint density at radius 3 is 2.65 bits per heavy atom. The van der Waals surface area contributed by atoms with Gasteiger partial charge in [0.25, 0.3) is 0 Å². The number of rotatable bonds is 5. The molecule has 0 saturated heterocycles. The molecule has 2 N–H and O–H groups in total. The molecule has 0 unspecified atom stereocenters. The second-order valence-electron chi connectivity index (χ2n) is 4.71. The molecule has 0 amide bonds. The van der Waals surface area contributed by atoms with Crippen LogP contribution >= 0.6 is 11.6 Å². The lowest BCUT2D eigenvalue weighted by Crippen LogP contribution is -2.07. The van der Waals surface area contributed by atoms with E-state index in [-0.39, 0.29) is 10.7 Å². The van der Waals surface area contributed by atoms with Gasteiger partial charge in [-0.25, -0.2) is 4.98 Å². The van der Waals surface area contributed by atoms with Gasteiger partial charge in [0.05, 0.1) is 16.3 Å². The van der Waals surface area contributed by atoms with E-state index in [0.717, 1.165) is 12.1 Å². The van der Waals surface area contributed by atoms with E-state index in [4.69, 9.17) is 11.6 Å². The van der Waals surface area contributed by atoms with Crippen LogP contribution in [-0.2, 0) is 6.18 Å². The highest BCUT2D eigenvalue weighted by atomic mass is 35.5. The van der Waals surface area contributed by atoms with Crippen LogP contribution in [0.4, 0.5) is 30.6 Å². The molecule has 1 aromatic carbocycles. The Labute approximate surface area is 136 Å². The molecular formula is C15H14ClF3N4. The Morgan fingerprint density at radius 1 is 1.26 bits per heavy atom. The summed E-state index contributed by atoms with van der Waals surface area (Å²) in [6.07, 6.45) is -2.80. The quantitative estimate of drug-likeness (QED) is 0.766. The Kier molecular flexibility index (Phi) is 5.10. The van der Waals surface area contributed by atoms with Crippen molar-refractivity contribution >= 4 is 29.1 Å². The minimum Gasteiger partial charge on any atom is -0.351 e. The highest BCUT2D eigenvalue weighted by Gasteiger charge is 2.31. The lowest BCUT2D eigenvalue weighted by molar-refractivity contribution is -0.137. The molecule has 2 aromatic rings. The summed E-state index contributed by atoms with van der Waals surface area (Å²) in [5.74, 6) is 0.681. The van der Waals surface area contributed by atoms with Crippen molar-refractivity contribution in [2.75, 3.05) is 17.2 Å². The number of benzene rings is 1. The maximum Gasteiger partial charge on any atom is 0.416 e. The van der Waals surface area contributed by atoms with Crippen molar-refractivity contribution in [3.63, 3.8) is 0 Å². The van der Waals surface area contributed by atoms with Crippen LogP contribution in [0, 0.1) is 6.92 Å². The molecule has 23 heavy (non-hydrogen) atoms. The molecule has 0 radical (unpaired) electrons. The van der Waals surface area contributed by atoms with Crippen LogP contribution in [0.1, 0.15) is 11.3 Å². The first kappa shape index (κ1) is 17.1. The van der Waals surface area contributed by atoms with Crippen molar-refractivity contribution in [1.29, 1.82) is 0 Å². The second-order valence-corrected chi connectivity index (χ2v) is 5.11. The molecule has 0 aliphatic rings. The molecular weight excluding hydrogens is 329 g/mol. The standard InChI is InChI=1S/C15H14ClF3N4/c1-3-6-20-14-21-9(2)7-13(23-14)22-12-8-10(15(17,18)19)4-5-11(12)16/h3-5,7-8H,1,6H2,2H3,(H2,20,21,22,23). The number of nitrogens with one attached hydrogen (secondary N) is 2. The van der Waals surface area contributed by atoms with Gasteiger partial charge in [-0.1, -0.05) is 17.7 Å². The van der Waals surface area contributed by atoms with E-state index < -0.39 is 11.7 Å². The number of hydrogen-bond acceptors (Lipinski definition) is 4. The van der Waals surface area contributed by atoms with Gasteiger partial charge in [-0.15, -0.1) is 6.58 Å². The lowest BCUT2D eigenvalue weighted by Gasteiger charge is -2.13. The van der Waals surface area contributed by atoms with Crippen LogP contribution in [-0.4, -0.2) is 16.5 Å². The normalized spacial score (nSPS) is 11.2. The van der Waals surface area contributed by atoms with Gasteiger partial charge < -0.3 is 10.6 Å². The molecule has 1 heterocycles. The summed E-state index contributed by atoms with van der Waals surface area (Å²) >= 11 is 5.96. The molecule has 2 rings (SSSR count). The van der Waals surface area contributed by atoms with Crippen molar-refractivity contribution in [2.24, 2.45) is 0 Å². The number of nitrogens with zero attached hydrogens (tertiary/aromatic N) is 2. The molecule has 0 atom stereocenters. The summed E-state index contributed by atoms with van der Waals surface area (Å²) in [5.41, 5.74) is -0.0217. The summed E-state index contributed by atoms with van der Waals surface area (Å²) in [4.78, 5) is 8.35. The van der Waals surface area contributed by atoms with E-state index in [9.17, 15) is 13.2 Å². The Balaban J connectivity index is 2.31. The van der Waals surface area contributed by atoms with Crippen LogP contribution in [0.2, 0.25) is 5.02 Å². The minimum absolute atomic E-state index is 0.120. The summed E-state index contributed by atoms with van der Waals surface area (Å²) in [7, 11) is 0. The number of anilines is 3. The van der Waals surface area contributed by atoms with Gasteiger partial charge in [0.15, 0.2) is 0 Å². The molecule has 0 aliphatic carbocycles. The Morgan fingerprint density at radius 2 is 2.00 bits per heavy atom. The highest BCUT2D eigenvalue weighted by Crippen LogP contribution is 2.34. The average Bonchev–Trinajstić information content (AvgIpc) is 2.45. The number of hydrogen-bond donors (Lipinski definition) is 2. The zero-order valence-corrected chi connectivity index (χ0v) is 13.0. The molecule has 0 fully saturated rings. The van der Waals surface area contributed by atoms with Crippen LogP contribution in [0.15, 0.2) is 36.9 Å². The van der Waals surface area contributed by atoms with E-state index in [1.165, 1.54) is 6.07 Å². The molecule has 0 aliphatic heterocycles. The molecule has 8 heteroatoms. The van der Waals surface area contributed by atoms with Gasteiger partial charge in [-0.05, 0) is 25.1 Å². The van der Waals surface area contributed by atoms with Crippen LogP contribution < -0.4 is 10.6 Å². The average molecular weight is 343 g/mol. The number of alkyl halides is 3. The molecule has 1 aromatic heterocycles. The molecule has 4 nitrogen and oxygen atoms in total. The molecule has 0 bridgehead atoms. The monoisotopic (exact) mass is 342 g/mol. The zero-order valence-electron chi connectivity index (χ0n) is 12.2. The SMILES string of the molecule is C=CCNc1nc(C)cc(Nc2cc(C(F)(F)F)ccc2Cl)n1. The van der Waals surface area contributed by atoms with Crippen molar-refractivity contribution in [3.8, 4) is 0 Å². The summed E-state index contributed by atoms with van der Waals surface area (Å²) in [6.45, 7) is 5.79. The van der Waals surface area contributed by atoms with Gasteiger partial charge in [-0.3, -0.25) is 0 Å². The first-order valence-electron chi connectivity index (χ1n) is 6.64. The fourth-order valence-electron chi connectivity index (χ4n) is 1.81. The largest absolute Gasteiger partial charge is 0.416 e. The van der Waals surface area contributed by atoms with Gasteiger partial charge in [0.1, 0.15) is 5.82 Å². The van der Waals surface area contributed by atoms with E-state index >= 15 is 0 Å². The first-order valence-corrected chi connectivity index (χ1v) is 7.01. The summed E-state index contributed by atoms with van der Waals surface area (Å²) < 4.78 is 38.4. The predicted octanol–water partition coefficient (Wildman–Crippen LogP) is 4.80. The number of aromatic nitrogens is 2. The third-order valence-corrected chi connectivity index (χ3v) is 3.14. The summed E-state index contributed by atoms with van der Waals surface area (Å²) in [5, 5.41) is 5.87. The van der Waals surface area contributed by atoms with E-state index in [0.29, 0.717) is 24.0 Å². The smallest absolute Gasteiger partial charge is 0.351 e. The molecule has 0 saturated carbocycles. The maximum atomic E-state index is 12.8. The third kappa shape index (κ3) is 4.59. The van der Waals surface area contributed by atoms with Gasteiger partial charge in [-0.2, -0.15) is 18.2 Å². The van der Waals surface area contributed by atoms with Gasteiger partial charge in [0, 0.05) is 18.3 Å². The van der Waals surface area contributed by atoms with Crippen LogP contribution in [0.25, 0.3) is 0 Å². The van der Waals surface area contributed by atoms with Gasteiger partial charge >= 0.3 is 6.18 Å². The molecule has 122 valence electrons.